The van der Waals surface area contributed by atoms with Gasteiger partial charge in [0, 0.05) is 13.5 Å². The first kappa shape index (κ1) is 17.5. The van der Waals surface area contributed by atoms with Crippen LogP contribution in [-0.2, 0) is 20.9 Å². The molecule has 128 valence electrons. The van der Waals surface area contributed by atoms with Gasteiger partial charge in [-0.05, 0) is 19.1 Å². The van der Waals surface area contributed by atoms with Crippen molar-refractivity contribution in [2.45, 2.75) is 24.2 Å². The first-order valence-corrected chi connectivity index (χ1v) is 8.94. The summed E-state index contributed by atoms with van der Waals surface area (Å²) >= 11 is 13.4. The van der Waals surface area contributed by atoms with Crippen LogP contribution >= 0.6 is 34.5 Å². The second kappa shape index (κ2) is 6.17. The SMILES string of the molecule is CN(Cc1nc2ccccc2s1)C(=O)COC(=O)[C@]1(C)CC1(Cl)Cl. The van der Waals surface area contributed by atoms with E-state index in [0.29, 0.717) is 13.0 Å². The van der Waals surface area contributed by atoms with Gasteiger partial charge in [-0.25, -0.2) is 4.98 Å². The van der Waals surface area contributed by atoms with Crippen molar-refractivity contribution in [1.82, 2.24) is 9.88 Å². The number of esters is 1. The Morgan fingerprint density at radius 2 is 2.04 bits per heavy atom. The molecule has 1 amide bonds. The predicted molar refractivity (Wildman–Crippen MR) is 94.2 cm³/mol. The van der Waals surface area contributed by atoms with Gasteiger partial charge in [-0.15, -0.1) is 34.5 Å². The van der Waals surface area contributed by atoms with Crippen LogP contribution in [0.4, 0.5) is 0 Å². The largest absolute Gasteiger partial charge is 0.455 e. The summed E-state index contributed by atoms with van der Waals surface area (Å²) in [6, 6.07) is 7.79. The van der Waals surface area contributed by atoms with Gasteiger partial charge in [0.1, 0.15) is 14.8 Å². The van der Waals surface area contributed by atoms with E-state index in [0.717, 1.165) is 15.2 Å². The number of carbonyl (C=O) groups is 2. The number of nitrogens with zero attached hydrogens (tertiary/aromatic N) is 2. The van der Waals surface area contributed by atoms with Gasteiger partial charge in [0.05, 0.1) is 16.8 Å². The molecule has 1 heterocycles. The molecule has 0 bridgehead atoms. The molecule has 2 aromatic rings. The molecule has 24 heavy (non-hydrogen) atoms. The van der Waals surface area contributed by atoms with Crippen molar-refractivity contribution in [1.29, 1.82) is 0 Å². The summed E-state index contributed by atoms with van der Waals surface area (Å²) in [5.41, 5.74) is -0.0193. The van der Waals surface area contributed by atoms with Gasteiger partial charge in [-0.1, -0.05) is 12.1 Å². The number of hydrogen-bond acceptors (Lipinski definition) is 5. The Hall–Kier alpha value is -1.37. The summed E-state index contributed by atoms with van der Waals surface area (Å²) in [4.78, 5) is 30.1. The minimum absolute atomic E-state index is 0.304. The van der Waals surface area contributed by atoms with Gasteiger partial charge in [-0.2, -0.15) is 0 Å². The van der Waals surface area contributed by atoms with E-state index in [1.807, 2.05) is 24.3 Å². The van der Waals surface area contributed by atoms with E-state index in [1.54, 1.807) is 14.0 Å². The highest BCUT2D eigenvalue weighted by molar-refractivity contribution is 7.18. The Morgan fingerprint density at radius 1 is 1.38 bits per heavy atom. The number of rotatable bonds is 5. The van der Waals surface area contributed by atoms with E-state index < -0.39 is 15.7 Å². The van der Waals surface area contributed by atoms with Crippen LogP contribution in [0.15, 0.2) is 24.3 Å². The Bertz CT molecular complexity index is 774. The number of ether oxygens (including phenoxy) is 1. The van der Waals surface area contributed by atoms with Crippen LogP contribution in [0, 0.1) is 5.41 Å². The smallest absolute Gasteiger partial charge is 0.315 e. The lowest BCUT2D eigenvalue weighted by atomic mass is 10.1. The van der Waals surface area contributed by atoms with Gasteiger partial charge < -0.3 is 9.64 Å². The fourth-order valence-electron chi connectivity index (χ4n) is 2.30. The van der Waals surface area contributed by atoms with Crippen LogP contribution in [0.2, 0.25) is 0 Å². The van der Waals surface area contributed by atoms with Gasteiger partial charge in [0.2, 0.25) is 0 Å². The first-order chi connectivity index (χ1) is 11.2. The fraction of sp³-hybridized carbons (Fsp3) is 0.438. The monoisotopic (exact) mass is 386 g/mol. The standard InChI is InChI=1S/C16H16Cl2N2O3S/c1-15(9-16(15,17)18)14(22)23-8-13(21)20(2)7-12-19-10-5-3-4-6-11(10)24-12/h3-6H,7-9H2,1-2H3/t15-/m0/s1. The van der Waals surface area contributed by atoms with Crippen molar-refractivity contribution < 1.29 is 14.3 Å². The third-order valence-corrected chi connectivity index (χ3v) is 6.29. The Balaban J connectivity index is 1.54. The van der Waals surface area contributed by atoms with E-state index in [9.17, 15) is 9.59 Å². The van der Waals surface area contributed by atoms with Crippen LogP contribution in [0.3, 0.4) is 0 Å². The summed E-state index contributed by atoms with van der Waals surface area (Å²) in [6.07, 6.45) is 0.331. The summed E-state index contributed by atoms with van der Waals surface area (Å²) in [7, 11) is 1.65. The van der Waals surface area contributed by atoms with Crippen LogP contribution < -0.4 is 0 Å². The van der Waals surface area contributed by atoms with Crippen molar-refractivity contribution in [3.8, 4) is 0 Å². The van der Waals surface area contributed by atoms with Crippen LogP contribution in [0.5, 0.6) is 0 Å². The lowest BCUT2D eigenvalue weighted by molar-refractivity contribution is -0.156. The maximum Gasteiger partial charge on any atom is 0.315 e. The molecule has 0 radical (unpaired) electrons. The number of likely N-dealkylation sites (N-methyl/N-ethyl adjacent to an activating group) is 1. The summed E-state index contributed by atoms with van der Waals surface area (Å²) in [5.74, 6) is -0.851. The molecule has 1 saturated carbocycles. The van der Waals surface area contributed by atoms with E-state index in [4.69, 9.17) is 27.9 Å². The van der Waals surface area contributed by atoms with Crippen LogP contribution in [0.1, 0.15) is 18.4 Å². The zero-order valence-corrected chi connectivity index (χ0v) is 15.5. The molecule has 0 unspecified atom stereocenters. The molecule has 0 saturated heterocycles. The number of benzene rings is 1. The molecular weight excluding hydrogens is 371 g/mol. The average Bonchev–Trinajstić information content (AvgIpc) is 2.88. The van der Waals surface area contributed by atoms with Crippen molar-refractivity contribution >= 4 is 56.6 Å². The lowest BCUT2D eigenvalue weighted by Gasteiger charge is -2.17. The number of hydrogen-bond donors (Lipinski definition) is 0. The summed E-state index contributed by atoms with van der Waals surface area (Å²) < 4.78 is 5.04. The number of thiazole rings is 1. The molecule has 0 N–H and O–H groups in total. The molecule has 0 spiro atoms. The fourth-order valence-corrected chi connectivity index (χ4v) is 4.01. The highest BCUT2D eigenvalue weighted by Crippen LogP contribution is 2.64. The first-order valence-electron chi connectivity index (χ1n) is 7.36. The number of aromatic nitrogens is 1. The molecule has 0 aliphatic heterocycles. The minimum atomic E-state index is -1.10. The molecule has 1 aliphatic carbocycles. The number of carbonyl (C=O) groups excluding carboxylic acids is 2. The number of para-hydroxylation sites is 1. The van der Waals surface area contributed by atoms with Crippen molar-refractivity contribution in [2.75, 3.05) is 13.7 Å². The van der Waals surface area contributed by atoms with E-state index in [2.05, 4.69) is 4.98 Å². The Morgan fingerprint density at radius 3 is 2.67 bits per heavy atom. The third-order valence-electron chi connectivity index (χ3n) is 4.17. The summed E-state index contributed by atoms with van der Waals surface area (Å²) in [6.45, 7) is 1.66. The zero-order valence-electron chi connectivity index (χ0n) is 13.2. The molecule has 1 aromatic carbocycles. The van der Waals surface area contributed by atoms with E-state index in [-0.39, 0.29) is 12.5 Å². The van der Waals surface area contributed by atoms with Gasteiger partial charge in [0.15, 0.2) is 6.61 Å². The third kappa shape index (κ3) is 3.23. The lowest BCUT2D eigenvalue weighted by Crippen LogP contribution is -2.32. The van der Waals surface area contributed by atoms with Gasteiger partial charge in [-0.3, -0.25) is 9.59 Å². The Labute approximate surface area is 153 Å². The molecule has 1 aliphatic rings. The maximum absolute atomic E-state index is 12.1. The van der Waals surface area contributed by atoms with Crippen LogP contribution in [-0.4, -0.2) is 39.7 Å². The topological polar surface area (TPSA) is 59.5 Å². The molecule has 1 fully saturated rings. The molecule has 5 nitrogen and oxygen atoms in total. The van der Waals surface area contributed by atoms with Crippen molar-refractivity contribution in [3.05, 3.63) is 29.3 Å². The number of halogens is 2. The second-order valence-corrected chi connectivity index (χ2v) is 8.71. The maximum atomic E-state index is 12.1. The molecule has 8 heteroatoms. The second-order valence-electron chi connectivity index (χ2n) is 6.11. The number of amides is 1. The Kier molecular flexibility index (Phi) is 4.49. The molecular formula is C16H16Cl2N2O3S. The number of fused-ring (bicyclic) bond motifs is 1. The predicted octanol–water partition coefficient (Wildman–Crippen LogP) is 3.38. The highest BCUT2D eigenvalue weighted by atomic mass is 35.5. The van der Waals surface area contributed by atoms with E-state index >= 15 is 0 Å². The molecule has 1 atom stereocenters. The number of alkyl halides is 2. The van der Waals surface area contributed by atoms with E-state index in [1.165, 1.54) is 16.2 Å². The van der Waals surface area contributed by atoms with Gasteiger partial charge in [0.25, 0.3) is 5.91 Å². The van der Waals surface area contributed by atoms with Crippen molar-refractivity contribution in [2.24, 2.45) is 5.41 Å². The normalized spacial score (nSPS) is 21.5. The van der Waals surface area contributed by atoms with Gasteiger partial charge >= 0.3 is 5.97 Å². The molecule has 1 aromatic heterocycles. The van der Waals surface area contributed by atoms with Crippen LogP contribution in [0.25, 0.3) is 10.2 Å². The van der Waals surface area contributed by atoms with Crippen molar-refractivity contribution in [3.63, 3.8) is 0 Å². The molecule has 3 rings (SSSR count). The highest BCUT2D eigenvalue weighted by Gasteiger charge is 2.69. The minimum Gasteiger partial charge on any atom is -0.455 e. The zero-order chi connectivity index (χ0) is 17.5. The summed E-state index contributed by atoms with van der Waals surface area (Å²) in [5, 5.41) is 0.827. The quantitative estimate of drug-likeness (QED) is 0.583. The average molecular weight is 387 g/mol.